The highest BCUT2D eigenvalue weighted by Gasteiger charge is 2.47. The largest absolute Gasteiger partial charge is 0.342 e. The molecule has 1 amide bonds. The van der Waals surface area contributed by atoms with Gasteiger partial charge in [-0.3, -0.25) is 4.79 Å². The van der Waals surface area contributed by atoms with E-state index in [0.717, 1.165) is 24.7 Å². The smallest absolute Gasteiger partial charge is 0.226 e. The zero-order valence-corrected chi connectivity index (χ0v) is 18.2. The van der Waals surface area contributed by atoms with Crippen LogP contribution >= 0.6 is 0 Å². The number of amides is 1. The van der Waals surface area contributed by atoms with Crippen LogP contribution in [0.25, 0.3) is 11.1 Å². The molecule has 1 aliphatic carbocycles. The van der Waals surface area contributed by atoms with Crippen LogP contribution in [0.3, 0.4) is 0 Å². The summed E-state index contributed by atoms with van der Waals surface area (Å²) in [6.07, 6.45) is 3.48. The molecule has 5 nitrogen and oxygen atoms in total. The standard InChI is InChI=1S/C23H26F2N2O3S/c1-31(29,30)26-13-15-6-5-11-27(14-15)23(28)19-12-18(19)16-7-2-3-8-17(16)22-20(24)9-4-10-21(22)25/h2-4,7-10,15,18-19,26H,5-6,11-14H2,1H3/t15-,18+,19-/m1/s1. The minimum Gasteiger partial charge on any atom is -0.342 e. The summed E-state index contributed by atoms with van der Waals surface area (Å²) in [5.41, 5.74) is 1.23. The average Bonchev–Trinajstić information content (AvgIpc) is 3.52. The molecule has 8 heteroatoms. The number of sulfonamides is 1. The van der Waals surface area contributed by atoms with E-state index in [-0.39, 0.29) is 29.2 Å². The van der Waals surface area contributed by atoms with Crippen LogP contribution in [0, 0.1) is 23.5 Å². The second-order valence-corrected chi connectivity index (χ2v) is 10.4. The third-order valence-electron chi connectivity index (χ3n) is 6.16. The van der Waals surface area contributed by atoms with Gasteiger partial charge in [0, 0.05) is 25.6 Å². The van der Waals surface area contributed by atoms with Crippen LogP contribution in [-0.4, -0.2) is 45.1 Å². The van der Waals surface area contributed by atoms with Crippen LogP contribution in [0.5, 0.6) is 0 Å². The molecule has 2 aromatic rings. The van der Waals surface area contributed by atoms with Gasteiger partial charge < -0.3 is 4.90 Å². The van der Waals surface area contributed by atoms with Crippen LogP contribution in [0.2, 0.25) is 0 Å². The molecule has 1 aliphatic heterocycles. The molecule has 2 fully saturated rings. The molecule has 31 heavy (non-hydrogen) atoms. The predicted octanol–water partition coefficient (Wildman–Crippen LogP) is 3.52. The fourth-order valence-corrected chi connectivity index (χ4v) is 5.09. The molecule has 2 aromatic carbocycles. The Morgan fingerprint density at radius 1 is 1.13 bits per heavy atom. The molecule has 4 rings (SSSR count). The van der Waals surface area contributed by atoms with Gasteiger partial charge in [0.15, 0.2) is 0 Å². The fourth-order valence-electron chi connectivity index (χ4n) is 4.55. The fraction of sp³-hybridized carbons (Fsp3) is 0.435. The van der Waals surface area contributed by atoms with Gasteiger partial charge in [-0.25, -0.2) is 21.9 Å². The summed E-state index contributed by atoms with van der Waals surface area (Å²) in [6, 6.07) is 10.9. The van der Waals surface area contributed by atoms with Crippen molar-refractivity contribution in [3.8, 4) is 11.1 Å². The SMILES string of the molecule is CS(=O)(=O)NC[C@H]1CCCN(C(=O)[C@@H]2C[C@H]2c2ccccc2-c2c(F)cccc2F)C1. The summed E-state index contributed by atoms with van der Waals surface area (Å²) in [7, 11) is -3.26. The highest BCUT2D eigenvalue weighted by atomic mass is 32.2. The average molecular weight is 449 g/mol. The van der Waals surface area contributed by atoms with Crippen LogP contribution in [0.4, 0.5) is 8.78 Å². The monoisotopic (exact) mass is 448 g/mol. The maximum absolute atomic E-state index is 14.4. The zero-order valence-electron chi connectivity index (χ0n) is 17.4. The van der Waals surface area contributed by atoms with E-state index in [9.17, 15) is 22.0 Å². The van der Waals surface area contributed by atoms with Crippen molar-refractivity contribution in [2.24, 2.45) is 11.8 Å². The lowest BCUT2D eigenvalue weighted by Gasteiger charge is -2.33. The van der Waals surface area contributed by atoms with Crippen molar-refractivity contribution >= 4 is 15.9 Å². The third-order valence-corrected chi connectivity index (χ3v) is 6.86. The molecule has 1 heterocycles. The summed E-state index contributed by atoms with van der Waals surface area (Å²) < 4.78 is 54.0. The number of hydrogen-bond acceptors (Lipinski definition) is 3. The number of rotatable bonds is 6. The second kappa shape index (κ2) is 8.67. The van der Waals surface area contributed by atoms with Crippen molar-refractivity contribution < 1.29 is 22.0 Å². The molecule has 0 radical (unpaired) electrons. The molecule has 0 aromatic heterocycles. The van der Waals surface area contributed by atoms with Gasteiger partial charge in [0.25, 0.3) is 0 Å². The quantitative estimate of drug-likeness (QED) is 0.735. The van der Waals surface area contributed by atoms with Gasteiger partial charge in [0.05, 0.1) is 11.8 Å². The first-order valence-corrected chi connectivity index (χ1v) is 12.4. The number of carbonyl (C=O) groups is 1. The summed E-state index contributed by atoms with van der Waals surface area (Å²) in [4.78, 5) is 14.9. The first kappa shape index (κ1) is 21.9. The third kappa shape index (κ3) is 4.96. The Kier molecular flexibility index (Phi) is 6.12. The Hall–Kier alpha value is -2.32. The first-order valence-electron chi connectivity index (χ1n) is 10.5. The number of hydrogen-bond donors (Lipinski definition) is 1. The number of carbonyl (C=O) groups excluding carboxylic acids is 1. The molecule has 0 unspecified atom stereocenters. The minimum atomic E-state index is -3.26. The van der Waals surface area contributed by atoms with Crippen LogP contribution in [-0.2, 0) is 14.8 Å². The predicted molar refractivity (Wildman–Crippen MR) is 115 cm³/mol. The number of nitrogens with one attached hydrogen (secondary N) is 1. The molecule has 2 aliphatic rings. The second-order valence-electron chi connectivity index (χ2n) is 8.55. The molecular formula is C23H26F2N2O3S. The van der Waals surface area contributed by atoms with Crippen molar-refractivity contribution in [2.45, 2.75) is 25.2 Å². The molecule has 166 valence electrons. The molecule has 1 saturated heterocycles. The normalized spacial score (nSPS) is 23.6. The number of halogens is 2. The van der Waals surface area contributed by atoms with Gasteiger partial charge in [-0.15, -0.1) is 0 Å². The topological polar surface area (TPSA) is 66.5 Å². The van der Waals surface area contributed by atoms with Gasteiger partial charge in [-0.05, 0) is 54.4 Å². The van der Waals surface area contributed by atoms with E-state index < -0.39 is 21.7 Å². The van der Waals surface area contributed by atoms with Gasteiger partial charge in [0.1, 0.15) is 11.6 Å². The van der Waals surface area contributed by atoms with Crippen molar-refractivity contribution in [3.63, 3.8) is 0 Å². The van der Waals surface area contributed by atoms with Crippen LogP contribution in [0.15, 0.2) is 42.5 Å². The highest BCUT2D eigenvalue weighted by Crippen LogP contribution is 2.51. The number of likely N-dealkylation sites (tertiary alicyclic amines) is 1. The molecule has 1 saturated carbocycles. The maximum Gasteiger partial charge on any atom is 0.226 e. The van der Waals surface area contributed by atoms with Gasteiger partial charge >= 0.3 is 0 Å². The summed E-state index contributed by atoms with van der Waals surface area (Å²) in [5, 5.41) is 0. The van der Waals surface area contributed by atoms with E-state index in [1.807, 2.05) is 17.0 Å². The van der Waals surface area contributed by atoms with E-state index in [1.165, 1.54) is 18.2 Å². The lowest BCUT2D eigenvalue weighted by molar-refractivity contribution is -0.134. The lowest BCUT2D eigenvalue weighted by atomic mass is 9.94. The molecule has 3 atom stereocenters. The molecule has 0 bridgehead atoms. The van der Waals surface area contributed by atoms with E-state index in [0.29, 0.717) is 31.6 Å². The Balaban J connectivity index is 1.48. The Morgan fingerprint density at radius 2 is 1.84 bits per heavy atom. The summed E-state index contributed by atoms with van der Waals surface area (Å²) in [5.74, 6) is -1.39. The summed E-state index contributed by atoms with van der Waals surface area (Å²) in [6.45, 7) is 1.50. The van der Waals surface area contributed by atoms with Crippen molar-refractivity contribution in [3.05, 3.63) is 59.7 Å². The lowest BCUT2D eigenvalue weighted by Crippen LogP contribution is -2.44. The van der Waals surface area contributed by atoms with E-state index in [4.69, 9.17) is 0 Å². The number of nitrogens with zero attached hydrogens (tertiary/aromatic N) is 1. The minimum absolute atomic E-state index is 0.0397. The van der Waals surface area contributed by atoms with Crippen LogP contribution < -0.4 is 4.72 Å². The number of benzene rings is 2. The zero-order chi connectivity index (χ0) is 22.2. The van der Waals surface area contributed by atoms with Gasteiger partial charge in [-0.2, -0.15) is 0 Å². The molecule has 1 N–H and O–H groups in total. The van der Waals surface area contributed by atoms with Crippen molar-refractivity contribution in [1.29, 1.82) is 0 Å². The Morgan fingerprint density at radius 3 is 2.55 bits per heavy atom. The van der Waals surface area contributed by atoms with Gasteiger partial charge in [0.2, 0.25) is 15.9 Å². The van der Waals surface area contributed by atoms with Gasteiger partial charge in [-0.1, -0.05) is 30.3 Å². The Bertz CT molecular complexity index is 1070. The summed E-state index contributed by atoms with van der Waals surface area (Å²) >= 11 is 0. The first-order chi connectivity index (χ1) is 14.7. The maximum atomic E-state index is 14.4. The highest BCUT2D eigenvalue weighted by molar-refractivity contribution is 7.88. The van der Waals surface area contributed by atoms with Crippen LogP contribution in [0.1, 0.15) is 30.7 Å². The molecule has 0 spiro atoms. The van der Waals surface area contributed by atoms with E-state index in [1.54, 1.807) is 12.1 Å². The van der Waals surface area contributed by atoms with E-state index >= 15 is 0 Å². The molecular weight excluding hydrogens is 422 g/mol. The Labute approximate surface area is 181 Å². The van der Waals surface area contributed by atoms with Crippen molar-refractivity contribution in [1.82, 2.24) is 9.62 Å². The van der Waals surface area contributed by atoms with E-state index in [2.05, 4.69) is 4.72 Å². The van der Waals surface area contributed by atoms with Crippen molar-refractivity contribution in [2.75, 3.05) is 25.9 Å². The number of piperidine rings is 1.